The zero-order valence-corrected chi connectivity index (χ0v) is 34.2. The Labute approximate surface area is 327 Å². The number of carbonyl (C=O) groups is 1. The van der Waals surface area contributed by atoms with E-state index in [1.165, 1.54) is 19.3 Å². The lowest BCUT2D eigenvalue weighted by Gasteiger charge is -2.49. The minimum atomic E-state index is -1.96. The van der Waals surface area contributed by atoms with Crippen LogP contribution in [-0.4, -0.2) is 122 Å². The maximum Gasteiger partial charge on any atom is 0.373 e. The number of cyclic esters (lactones) is 1. The van der Waals surface area contributed by atoms with E-state index in [1.807, 2.05) is 34.6 Å². The lowest BCUT2D eigenvalue weighted by molar-refractivity contribution is -0.339. The molecule has 3 rings (SSSR count). The van der Waals surface area contributed by atoms with Crippen LogP contribution in [0.2, 0.25) is 0 Å². The molecule has 0 aromatic carbocycles. The summed E-state index contributed by atoms with van der Waals surface area (Å²) in [6.07, 6.45) is 1.63. The van der Waals surface area contributed by atoms with Crippen molar-refractivity contribution in [2.24, 2.45) is 29.6 Å². The van der Waals surface area contributed by atoms with Gasteiger partial charge in [-0.1, -0.05) is 82.2 Å². The lowest BCUT2D eigenvalue weighted by atomic mass is 9.77. The summed E-state index contributed by atoms with van der Waals surface area (Å²) in [6, 6.07) is 0. The second-order valence-corrected chi connectivity index (χ2v) is 16.2. The van der Waals surface area contributed by atoms with Gasteiger partial charge in [-0.3, -0.25) is 0 Å². The van der Waals surface area contributed by atoms with Crippen LogP contribution in [0.4, 0.5) is 0 Å². The van der Waals surface area contributed by atoms with E-state index in [2.05, 4.69) is 0 Å². The summed E-state index contributed by atoms with van der Waals surface area (Å²) in [4.78, 5) is 13.6. The van der Waals surface area contributed by atoms with Gasteiger partial charge in [0.15, 0.2) is 12.1 Å². The van der Waals surface area contributed by atoms with E-state index in [0.29, 0.717) is 12.0 Å². The summed E-state index contributed by atoms with van der Waals surface area (Å²) >= 11 is 0. The molecule has 13 nitrogen and oxygen atoms in total. The molecular weight excluding hydrogens is 712 g/mol. The first-order valence-electron chi connectivity index (χ1n) is 19.6. The zero-order chi connectivity index (χ0) is 41.4. The summed E-state index contributed by atoms with van der Waals surface area (Å²) in [6.45, 7) is 15.9. The number of methoxy groups -OCH3 is 1. The number of aliphatic hydroxyl groups is 7. The van der Waals surface area contributed by atoms with E-state index in [4.69, 9.17) is 23.7 Å². The van der Waals surface area contributed by atoms with Crippen LogP contribution in [0, 0.1) is 29.6 Å². The van der Waals surface area contributed by atoms with Gasteiger partial charge in [-0.25, -0.2) is 4.79 Å². The average molecular weight is 781 g/mol. The fourth-order valence-electron chi connectivity index (χ4n) is 7.67. The van der Waals surface area contributed by atoms with Gasteiger partial charge in [0, 0.05) is 42.9 Å². The van der Waals surface area contributed by atoms with Crippen molar-refractivity contribution in [1.29, 1.82) is 0 Å². The van der Waals surface area contributed by atoms with Crippen molar-refractivity contribution in [3.8, 4) is 0 Å². The fraction of sp³-hybridized carbons (Fsp3) is 0.738. The summed E-state index contributed by atoms with van der Waals surface area (Å²) in [7, 11) is 1.31. The van der Waals surface area contributed by atoms with Gasteiger partial charge >= 0.3 is 5.97 Å². The Morgan fingerprint density at radius 1 is 1.00 bits per heavy atom. The van der Waals surface area contributed by atoms with Crippen molar-refractivity contribution >= 4 is 5.97 Å². The van der Waals surface area contributed by atoms with Crippen molar-refractivity contribution < 1.29 is 64.2 Å². The normalized spacial score (nSPS) is 44.3. The maximum atomic E-state index is 13.6. The number of carbonyl (C=O) groups excluding carboxylic acids is 1. The first kappa shape index (κ1) is 46.9. The Kier molecular flexibility index (Phi) is 17.8. The van der Waals surface area contributed by atoms with E-state index in [1.54, 1.807) is 58.1 Å². The Morgan fingerprint density at radius 3 is 2.29 bits per heavy atom. The highest BCUT2D eigenvalue weighted by Crippen LogP contribution is 2.42. The number of ether oxygens (including phenoxy) is 5. The van der Waals surface area contributed by atoms with Crippen LogP contribution in [0.5, 0.6) is 0 Å². The largest absolute Gasteiger partial charge is 0.490 e. The molecule has 0 radical (unpaired) electrons. The SMILES string of the molecule is C/C=C/[C@H]1O[C@@](O)([C@@H](C)[C@H](O)[C@H](C)[C@H]2OC(=O)/C(OC)=C/C(C)=C/[C@@H](C)[C@@H](O)C[C@@H](O)[C@H](C)C/C(C)=C/C=C/[C@@H]2O)C[C@@H](O[C@@H]2C[C@H](O)[C@@H](O)[C@H](C)O2)[C@@H]1C. The summed E-state index contributed by atoms with van der Waals surface area (Å²) in [5, 5.41) is 77.9. The number of esters is 1. The van der Waals surface area contributed by atoms with E-state index >= 15 is 0 Å². The van der Waals surface area contributed by atoms with Crippen molar-refractivity contribution in [2.45, 2.75) is 161 Å². The van der Waals surface area contributed by atoms with Crippen LogP contribution < -0.4 is 0 Å². The monoisotopic (exact) mass is 780 g/mol. The van der Waals surface area contributed by atoms with Crippen molar-refractivity contribution in [1.82, 2.24) is 0 Å². The smallest absolute Gasteiger partial charge is 0.373 e. The highest BCUT2D eigenvalue weighted by Gasteiger charge is 2.52. The molecule has 0 spiro atoms. The molecule has 55 heavy (non-hydrogen) atoms. The van der Waals surface area contributed by atoms with E-state index in [9.17, 15) is 40.5 Å². The maximum absolute atomic E-state index is 13.6. The lowest BCUT2D eigenvalue weighted by Crippen LogP contribution is -2.59. The predicted molar refractivity (Wildman–Crippen MR) is 206 cm³/mol. The molecule has 3 aliphatic rings. The number of hydrogen-bond acceptors (Lipinski definition) is 13. The average Bonchev–Trinajstić information content (AvgIpc) is 3.12. The first-order chi connectivity index (χ1) is 25.7. The quantitative estimate of drug-likeness (QED) is 0.139. The highest BCUT2D eigenvalue weighted by molar-refractivity contribution is 5.87. The van der Waals surface area contributed by atoms with Gasteiger partial charge in [-0.15, -0.1) is 0 Å². The molecule has 0 saturated carbocycles. The molecule has 314 valence electrons. The standard InChI is InChI=1S/C42H68O13/c1-11-13-34-26(6)36(53-37-20-33(46)39(48)29(9)52-37)21-42(50,55-34)28(8)38(47)27(7)40-30(43)15-12-14-22(2)16-24(4)31(44)19-32(45)25(5)17-23(3)18-35(51-10)41(49)54-40/h11-15,17-18,24-34,36-40,43-48,50H,16,19-21H2,1-10H3/b13-11+,15-12+,22-14+,23-17+,35-18-/t24-,25-,26-,27+,28+,29+,30+,31-,32+,33+,34-,36-,37-,38-,39+,40-,42-/m1/s1. The molecule has 2 fully saturated rings. The van der Waals surface area contributed by atoms with Gasteiger partial charge in [0.1, 0.15) is 18.3 Å². The molecule has 17 atom stereocenters. The molecule has 0 aliphatic carbocycles. The molecular formula is C42H68O13. The second-order valence-electron chi connectivity index (χ2n) is 16.2. The molecule has 0 bridgehead atoms. The van der Waals surface area contributed by atoms with Crippen LogP contribution in [0.3, 0.4) is 0 Å². The van der Waals surface area contributed by atoms with Gasteiger partial charge in [-0.05, 0) is 46.1 Å². The van der Waals surface area contributed by atoms with Crippen LogP contribution in [0.25, 0.3) is 0 Å². The molecule has 13 heteroatoms. The van der Waals surface area contributed by atoms with Gasteiger partial charge in [-0.2, -0.15) is 0 Å². The summed E-state index contributed by atoms with van der Waals surface area (Å²) < 4.78 is 29.7. The first-order valence-corrected chi connectivity index (χ1v) is 19.6. The molecule has 0 aromatic heterocycles. The van der Waals surface area contributed by atoms with Gasteiger partial charge in [0.25, 0.3) is 0 Å². The van der Waals surface area contributed by atoms with Crippen molar-refractivity contribution in [3.05, 3.63) is 59.4 Å². The number of rotatable bonds is 8. The van der Waals surface area contributed by atoms with E-state index in [-0.39, 0.29) is 42.8 Å². The molecule has 3 heterocycles. The van der Waals surface area contributed by atoms with Crippen LogP contribution in [-0.2, 0) is 28.5 Å². The second kappa shape index (κ2) is 20.8. The summed E-state index contributed by atoms with van der Waals surface area (Å²) in [5.74, 6) is -5.81. The van der Waals surface area contributed by atoms with Crippen molar-refractivity contribution in [3.63, 3.8) is 0 Å². The third-order valence-corrected chi connectivity index (χ3v) is 11.6. The Morgan fingerprint density at radius 2 is 1.67 bits per heavy atom. The van der Waals surface area contributed by atoms with Crippen molar-refractivity contribution in [2.75, 3.05) is 7.11 Å². The molecule has 0 unspecified atom stereocenters. The molecule has 0 aromatic rings. The van der Waals surface area contributed by atoms with Crippen LogP contribution in [0.15, 0.2) is 59.4 Å². The minimum absolute atomic E-state index is 0.0276. The number of hydrogen-bond donors (Lipinski definition) is 7. The highest BCUT2D eigenvalue weighted by atomic mass is 16.7. The van der Waals surface area contributed by atoms with Gasteiger partial charge in [0.2, 0.25) is 5.76 Å². The fourth-order valence-corrected chi connectivity index (χ4v) is 7.67. The topological polar surface area (TPSA) is 205 Å². The van der Waals surface area contributed by atoms with Gasteiger partial charge in [0.05, 0.1) is 49.8 Å². The Hall–Kier alpha value is -2.43. The Bertz CT molecular complexity index is 1380. The predicted octanol–water partition coefficient (Wildman–Crippen LogP) is 3.59. The van der Waals surface area contributed by atoms with E-state index < -0.39 is 90.9 Å². The third kappa shape index (κ3) is 12.5. The molecule has 0 amide bonds. The van der Waals surface area contributed by atoms with E-state index in [0.717, 1.165) is 5.57 Å². The molecule has 2 saturated heterocycles. The van der Waals surface area contributed by atoms with Crippen LogP contribution in [0.1, 0.15) is 88.0 Å². The Balaban J connectivity index is 1.96. The number of allylic oxidation sites excluding steroid dienone is 6. The summed E-state index contributed by atoms with van der Waals surface area (Å²) in [5.41, 5.74) is 1.50. The van der Waals surface area contributed by atoms with Crippen LogP contribution >= 0.6 is 0 Å². The third-order valence-electron chi connectivity index (χ3n) is 11.6. The molecule has 7 N–H and O–H groups in total. The van der Waals surface area contributed by atoms with Gasteiger partial charge < -0.3 is 59.4 Å². The molecule has 3 aliphatic heterocycles. The number of aliphatic hydroxyl groups excluding tert-OH is 6. The minimum Gasteiger partial charge on any atom is -0.490 e. The zero-order valence-electron chi connectivity index (χ0n) is 34.2.